The average molecular weight is 399 g/mol. The molecular formula is C23H30N2O4. The molecule has 0 aromatic heterocycles. The number of nitrogens with one attached hydrogen (secondary N) is 2. The minimum absolute atomic E-state index is 0.193. The van der Waals surface area contributed by atoms with Crippen LogP contribution in [-0.4, -0.2) is 25.0 Å². The van der Waals surface area contributed by atoms with E-state index in [2.05, 4.69) is 38.5 Å². The molecule has 0 fully saturated rings. The van der Waals surface area contributed by atoms with Crippen molar-refractivity contribution >= 4 is 11.8 Å². The van der Waals surface area contributed by atoms with E-state index in [9.17, 15) is 9.59 Å². The number of hydrogen-bond acceptors (Lipinski definition) is 4. The third-order valence-corrected chi connectivity index (χ3v) is 4.67. The van der Waals surface area contributed by atoms with E-state index in [1.54, 1.807) is 0 Å². The van der Waals surface area contributed by atoms with Crippen LogP contribution in [0.5, 0.6) is 11.5 Å². The van der Waals surface area contributed by atoms with Gasteiger partial charge in [-0.15, -0.1) is 0 Å². The highest BCUT2D eigenvalue weighted by Crippen LogP contribution is 2.25. The molecule has 0 bridgehead atoms. The highest BCUT2D eigenvalue weighted by Gasteiger charge is 2.10. The monoisotopic (exact) mass is 398 g/mol. The van der Waals surface area contributed by atoms with Gasteiger partial charge in [-0.05, 0) is 47.6 Å². The molecule has 2 aromatic rings. The maximum Gasteiger partial charge on any atom is 0.276 e. The van der Waals surface area contributed by atoms with Crippen molar-refractivity contribution in [3.8, 4) is 11.5 Å². The number of para-hydroxylation sites is 1. The van der Waals surface area contributed by atoms with E-state index in [0.29, 0.717) is 17.4 Å². The zero-order valence-electron chi connectivity index (χ0n) is 17.5. The van der Waals surface area contributed by atoms with Gasteiger partial charge < -0.3 is 9.47 Å². The van der Waals surface area contributed by atoms with Crippen LogP contribution in [0, 0.1) is 0 Å². The second kappa shape index (κ2) is 11.1. The molecule has 2 aromatic carbocycles. The summed E-state index contributed by atoms with van der Waals surface area (Å²) >= 11 is 0. The number of rotatable bonds is 9. The van der Waals surface area contributed by atoms with Gasteiger partial charge in [-0.25, -0.2) is 0 Å². The first kappa shape index (κ1) is 22.3. The molecule has 0 aliphatic carbocycles. The minimum Gasteiger partial charge on any atom is -0.484 e. The molecule has 0 unspecified atom stereocenters. The second-order valence-electron chi connectivity index (χ2n) is 7.24. The predicted octanol–water partition coefficient (Wildman–Crippen LogP) is 3.93. The summed E-state index contributed by atoms with van der Waals surface area (Å²) in [7, 11) is 0. The van der Waals surface area contributed by atoms with Crippen LogP contribution in [0.1, 0.15) is 57.1 Å². The summed E-state index contributed by atoms with van der Waals surface area (Å²) in [4.78, 5) is 23.8. The molecule has 6 heteroatoms. The van der Waals surface area contributed by atoms with E-state index in [0.717, 1.165) is 12.0 Å². The van der Waals surface area contributed by atoms with E-state index in [4.69, 9.17) is 9.47 Å². The van der Waals surface area contributed by atoms with Gasteiger partial charge in [0.1, 0.15) is 11.5 Å². The lowest BCUT2D eigenvalue weighted by atomic mass is 9.99. The van der Waals surface area contributed by atoms with Gasteiger partial charge in [-0.3, -0.25) is 20.4 Å². The van der Waals surface area contributed by atoms with Crippen LogP contribution in [0.25, 0.3) is 0 Å². The Morgan fingerprint density at radius 2 is 1.45 bits per heavy atom. The summed E-state index contributed by atoms with van der Waals surface area (Å²) in [5.41, 5.74) is 6.90. The van der Waals surface area contributed by atoms with Crippen molar-refractivity contribution in [1.29, 1.82) is 0 Å². The SMILES string of the molecule is CC[C@H](C)c1ccc(OCC(=O)NNC(=O)COc2ccccc2C(C)C)cc1. The predicted molar refractivity (Wildman–Crippen MR) is 113 cm³/mol. The zero-order valence-corrected chi connectivity index (χ0v) is 17.5. The van der Waals surface area contributed by atoms with Crippen molar-refractivity contribution in [2.24, 2.45) is 0 Å². The van der Waals surface area contributed by atoms with Crippen molar-refractivity contribution in [2.45, 2.75) is 46.0 Å². The highest BCUT2D eigenvalue weighted by molar-refractivity contribution is 5.83. The molecule has 0 aliphatic heterocycles. The maximum atomic E-state index is 11.9. The van der Waals surface area contributed by atoms with Crippen molar-refractivity contribution < 1.29 is 19.1 Å². The number of amides is 2. The summed E-state index contributed by atoms with van der Waals surface area (Å²) in [5.74, 6) is 1.13. The molecule has 0 saturated heterocycles. The van der Waals surface area contributed by atoms with Crippen LogP contribution in [0.2, 0.25) is 0 Å². The van der Waals surface area contributed by atoms with Gasteiger partial charge in [-0.2, -0.15) is 0 Å². The van der Waals surface area contributed by atoms with E-state index in [1.807, 2.05) is 48.5 Å². The largest absolute Gasteiger partial charge is 0.484 e. The Bertz CT molecular complexity index is 803. The molecule has 6 nitrogen and oxygen atoms in total. The van der Waals surface area contributed by atoms with Crippen LogP contribution >= 0.6 is 0 Å². The van der Waals surface area contributed by atoms with Gasteiger partial charge in [0.05, 0.1) is 0 Å². The average Bonchev–Trinajstić information content (AvgIpc) is 2.74. The van der Waals surface area contributed by atoms with Crippen molar-refractivity contribution in [1.82, 2.24) is 10.9 Å². The zero-order chi connectivity index (χ0) is 21.2. The van der Waals surface area contributed by atoms with Gasteiger partial charge >= 0.3 is 0 Å². The number of carbonyl (C=O) groups is 2. The summed E-state index contributed by atoms with van der Waals surface area (Å²) in [6.45, 7) is 8.03. The number of benzene rings is 2. The first-order valence-corrected chi connectivity index (χ1v) is 9.92. The van der Waals surface area contributed by atoms with Gasteiger partial charge in [0.25, 0.3) is 11.8 Å². The van der Waals surface area contributed by atoms with Crippen LogP contribution in [0.15, 0.2) is 48.5 Å². The molecule has 2 N–H and O–H groups in total. The quantitative estimate of drug-likeness (QED) is 0.628. The fraction of sp³-hybridized carbons (Fsp3) is 0.391. The lowest BCUT2D eigenvalue weighted by Gasteiger charge is -2.14. The van der Waals surface area contributed by atoms with Gasteiger partial charge in [0, 0.05) is 0 Å². The number of ether oxygens (including phenoxy) is 2. The summed E-state index contributed by atoms with van der Waals surface area (Å²) in [6.07, 6.45) is 1.06. The molecule has 0 saturated carbocycles. The Hall–Kier alpha value is -3.02. The molecule has 0 heterocycles. The Labute approximate surface area is 172 Å². The molecular weight excluding hydrogens is 368 g/mol. The van der Waals surface area contributed by atoms with E-state index in [1.165, 1.54) is 5.56 Å². The molecule has 2 amide bonds. The number of hydrazine groups is 1. The smallest absolute Gasteiger partial charge is 0.276 e. The first-order chi connectivity index (χ1) is 13.9. The normalized spacial score (nSPS) is 11.6. The Kier molecular flexibility index (Phi) is 8.52. The standard InChI is InChI=1S/C23H30N2O4/c1-5-17(4)18-10-12-19(13-11-18)28-14-22(26)24-25-23(27)15-29-21-9-7-6-8-20(21)16(2)3/h6-13,16-17H,5,14-15H2,1-4H3,(H,24,26)(H,25,27)/t17-/m0/s1. The lowest BCUT2D eigenvalue weighted by molar-refractivity contribution is -0.131. The van der Waals surface area contributed by atoms with Crippen molar-refractivity contribution in [3.05, 3.63) is 59.7 Å². The van der Waals surface area contributed by atoms with Crippen LogP contribution in [0.3, 0.4) is 0 Å². The lowest BCUT2D eigenvalue weighted by Crippen LogP contribution is -2.45. The molecule has 2 rings (SSSR count). The molecule has 156 valence electrons. The van der Waals surface area contributed by atoms with Crippen molar-refractivity contribution in [3.63, 3.8) is 0 Å². The van der Waals surface area contributed by atoms with Crippen molar-refractivity contribution in [2.75, 3.05) is 13.2 Å². The first-order valence-electron chi connectivity index (χ1n) is 9.92. The molecule has 29 heavy (non-hydrogen) atoms. The number of carbonyl (C=O) groups excluding carboxylic acids is 2. The molecule has 1 atom stereocenters. The van der Waals surface area contributed by atoms with E-state index < -0.39 is 11.8 Å². The third-order valence-electron chi connectivity index (χ3n) is 4.67. The third kappa shape index (κ3) is 7.14. The van der Waals surface area contributed by atoms with Crippen LogP contribution < -0.4 is 20.3 Å². The summed E-state index contributed by atoms with van der Waals surface area (Å²) < 4.78 is 11.0. The highest BCUT2D eigenvalue weighted by atomic mass is 16.5. The fourth-order valence-corrected chi connectivity index (χ4v) is 2.72. The Morgan fingerprint density at radius 3 is 2.03 bits per heavy atom. The number of hydrogen-bond donors (Lipinski definition) is 2. The van der Waals surface area contributed by atoms with Gasteiger partial charge in [0.2, 0.25) is 0 Å². The topological polar surface area (TPSA) is 76.7 Å². The fourth-order valence-electron chi connectivity index (χ4n) is 2.72. The van der Waals surface area contributed by atoms with Gasteiger partial charge in [-0.1, -0.05) is 58.0 Å². The summed E-state index contributed by atoms with van der Waals surface area (Å²) in [5, 5.41) is 0. The Balaban J connectivity index is 1.71. The molecule has 0 aliphatic rings. The molecule has 0 radical (unpaired) electrons. The molecule has 0 spiro atoms. The maximum absolute atomic E-state index is 11.9. The summed E-state index contributed by atoms with van der Waals surface area (Å²) in [6, 6.07) is 15.2. The minimum atomic E-state index is -0.452. The van der Waals surface area contributed by atoms with E-state index in [-0.39, 0.29) is 19.1 Å². The van der Waals surface area contributed by atoms with E-state index >= 15 is 0 Å². The van der Waals surface area contributed by atoms with Crippen LogP contribution in [0.4, 0.5) is 0 Å². The Morgan fingerprint density at radius 1 is 0.862 bits per heavy atom. The van der Waals surface area contributed by atoms with Crippen LogP contribution in [-0.2, 0) is 9.59 Å². The second-order valence-corrected chi connectivity index (χ2v) is 7.24. The van der Waals surface area contributed by atoms with Gasteiger partial charge in [0.15, 0.2) is 13.2 Å².